The number of rotatable bonds is 7. The van der Waals surface area contributed by atoms with Crippen molar-refractivity contribution in [1.82, 2.24) is 5.32 Å². The van der Waals surface area contributed by atoms with Crippen molar-refractivity contribution >= 4 is 23.5 Å². The Kier molecular flexibility index (Phi) is 7.32. The third-order valence-corrected chi connectivity index (χ3v) is 4.61. The van der Waals surface area contributed by atoms with Crippen LogP contribution in [-0.4, -0.2) is 30.9 Å². The normalized spacial score (nSPS) is 10.3. The van der Waals surface area contributed by atoms with Gasteiger partial charge in [-0.15, -0.1) is 0 Å². The zero-order valence-electron chi connectivity index (χ0n) is 16.7. The van der Waals surface area contributed by atoms with Crippen LogP contribution in [0.1, 0.15) is 27.8 Å². The molecule has 2 N–H and O–H groups in total. The smallest absolute Gasteiger partial charge is 0.310 e. The molecule has 2 aromatic rings. The van der Waals surface area contributed by atoms with Gasteiger partial charge in [0, 0.05) is 5.69 Å². The summed E-state index contributed by atoms with van der Waals surface area (Å²) < 4.78 is 4.98. The summed E-state index contributed by atoms with van der Waals surface area (Å²) in [4.78, 5) is 35.7. The van der Waals surface area contributed by atoms with Crippen LogP contribution in [0.2, 0.25) is 0 Å². The molecule has 0 spiro atoms. The van der Waals surface area contributed by atoms with Gasteiger partial charge in [-0.2, -0.15) is 0 Å². The summed E-state index contributed by atoms with van der Waals surface area (Å²) in [6, 6.07) is 11.3. The molecule has 0 unspecified atom stereocenters. The van der Waals surface area contributed by atoms with E-state index in [2.05, 4.69) is 10.6 Å². The van der Waals surface area contributed by atoms with Gasteiger partial charge in [0.2, 0.25) is 5.91 Å². The average Bonchev–Trinajstić information content (AvgIpc) is 2.65. The molecule has 0 atom stereocenters. The van der Waals surface area contributed by atoms with Crippen LogP contribution in [0.4, 0.5) is 5.69 Å². The summed E-state index contributed by atoms with van der Waals surface area (Å²) in [5, 5.41) is 5.20. The Hall–Kier alpha value is -3.15. The fourth-order valence-electron chi connectivity index (χ4n) is 2.59. The molecule has 0 aliphatic rings. The lowest BCUT2D eigenvalue weighted by Gasteiger charge is -2.11. The maximum atomic E-state index is 12.0. The van der Waals surface area contributed by atoms with E-state index in [1.54, 1.807) is 6.07 Å². The highest BCUT2D eigenvalue weighted by Crippen LogP contribution is 2.17. The quantitative estimate of drug-likeness (QED) is 0.721. The molecule has 2 aromatic carbocycles. The topological polar surface area (TPSA) is 84.5 Å². The van der Waals surface area contributed by atoms with E-state index in [4.69, 9.17) is 4.74 Å². The number of hydrogen-bond donors (Lipinski definition) is 2. The molecule has 0 aliphatic heterocycles. The predicted molar refractivity (Wildman–Crippen MR) is 108 cm³/mol. The Morgan fingerprint density at radius 3 is 2.36 bits per heavy atom. The van der Waals surface area contributed by atoms with Crippen LogP contribution >= 0.6 is 0 Å². The van der Waals surface area contributed by atoms with Gasteiger partial charge < -0.3 is 15.4 Å². The minimum atomic E-state index is -0.524. The minimum absolute atomic E-state index is 0.0987. The largest absolute Gasteiger partial charge is 0.455 e. The molecule has 2 rings (SSSR count). The van der Waals surface area contributed by atoms with Crippen LogP contribution < -0.4 is 10.6 Å². The number of carbonyl (C=O) groups is 3. The Bertz CT molecular complexity index is 890. The summed E-state index contributed by atoms with van der Waals surface area (Å²) >= 11 is 0. The minimum Gasteiger partial charge on any atom is -0.455 e. The summed E-state index contributed by atoms with van der Waals surface area (Å²) in [7, 11) is 0. The van der Waals surface area contributed by atoms with Crippen molar-refractivity contribution < 1.29 is 19.1 Å². The van der Waals surface area contributed by atoms with E-state index >= 15 is 0 Å². The number of carbonyl (C=O) groups excluding carboxylic acids is 3. The average molecular weight is 382 g/mol. The zero-order chi connectivity index (χ0) is 20.7. The molecule has 28 heavy (non-hydrogen) atoms. The van der Waals surface area contributed by atoms with Crippen molar-refractivity contribution in [3.63, 3.8) is 0 Å². The van der Waals surface area contributed by atoms with E-state index in [1.165, 1.54) is 0 Å². The number of esters is 1. The summed E-state index contributed by atoms with van der Waals surface area (Å²) in [6.07, 6.45) is 0.0987. The lowest BCUT2D eigenvalue weighted by molar-refractivity contribution is -0.147. The molecule has 0 aliphatic carbocycles. The van der Waals surface area contributed by atoms with Gasteiger partial charge in [0.1, 0.15) is 0 Å². The van der Waals surface area contributed by atoms with Gasteiger partial charge in [0.05, 0.1) is 13.0 Å². The Balaban J connectivity index is 1.73. The van der Waals surface area contributed by atoms with Gasteiger partial charge in [-0.05, 0) is 61.6 Å². The van der Waals surface area contributed by atoms with Crippen LogP contribution in [-0.2, 0) is 25.5 Å². The molecular weight excluding hydrogens is 356 g/mol. The summed E-state index contributed by atoms with van der Waals surface area (Å²) in [5.74, 6) is -1.36. The Morgan fingerprint density at radius 2 is 1.64 bits per heavy atom. The van der Waals surface area contributed by atoms with Crippen molar-refractivity contribution in [2.75, 3.05) is 18.5 Å². The molecule has 6 heteroatoms. The highest BCUT2D eigenvalue weighted by molar-refractivity contribution is 5.95. The molecule has 0 bridgehead atoms. The molecule has 0 aromatic heterocycles. The van der Waals surface area contributed by atoms with Crippen molar-refractivity contribution in [1.29, 1.82) is 0 Å². The second kappa shape index (κ2) is 9.69. The monoisotopic (exact) mass is 382 g/mol. The Morgan fingerprint density at radius 1 is 0.893 bits per heavy atom. The number of benzene rings is 2. The maximum Gasteiger partial charge on any atom is 0.310 e. The van der Waals surface area contributed by atoms with E-state index < -0.39 is 18.5 Å². The highest BCUT2D eigenvalue weighted by atomic mass is 16.5. The van der Waals surface area contributed by atoms with Crippen molar-refractivity contribution in [2.24, 2.45) is 0 Å². The van der Waals surface area contributed by atoms with Crippen molar-refractivity contribution in [3.05, 3.63) is 64.2 Å². The number of aryl methyl sites for hydroxylation is 3. The molecule has 0 saturated carbocycles. The summed E-state index contributed by atoms with van der Waals surface area (Å²) in [6.45, 7) is 7.23. The summed E-state index contributed by atoms with van der Waals surface area (Å²) in [5.41, 5.74) is 5.83. The zero-order valence-corrected chi connectivity index (χ0v) is 16.7. The SMILES string of the molecule is Cc1ccc(CC(=O)OCC(=O)NCC(=O)Nc2cccc(C)c2C)cc1C. The number of anilines is 1. The fraction of sp³-hybridized carbons (Fsp3) is 0.318. The van der Waals surface area contributed by atoms with Gasteiger partial charge in [0.25, 0.3) is 5.91 Å². The first-order valence-corrected chi connectivity index (χ1v) is 9.10. The highest BCUT2D eigenvalue weighted by Gasteiger charge is 2.11. The third kappa shape index (κ3) is 6.23. The van der Waals surface area contributed by atoms with Gasteiger partial charge >= 0.3 is 5.97 Å². The Labute approximate surface area is 165 Å². The molecule has 0 fully saturated rings. The van der Waals surface area contributed by atoms with E-state index in [9.17, 15) is 14.4 Å². The molecule has 0 saturated heterocycles. The van der Waals surface area contributed by atoms with Gasteiger partial charge in [-0.25, -0.2) is 0 Å². The van der Waals surface area contributed by atoms with Crippen LogP contribution in [0, 0.1) is 27.7 Å². The van der Waals surface area contributed by atoms with E-state index in [-0.39, 0.29) is 18.9 Å². The molecule has 6 nitrogen and oxygen atoms in total. The first-order chi connectivity index (χ1) is 13.3. The lowest BCUT2D eigenvalue weighted by atomic mass is 10.0. The second-order valence-electron chi connectivity index (χ2n) is 6.83. The third-order valence-electron chi connectivity index (χ3n) is 4.61. The molecular formula is C22H26N2O4. The predicted octanol–water partition coefficient (Wildman–Crippen LogP) is 2.76. The van der Waals surface area contributed by atoms with E-state index in [1.807, 2.05) is 58.0 Å². The van der Waals surface area contributed by atoms with Gasteiger partial charge in [0.15, 0.2) is 6.61 Å². The lowest BCUT2D eigenvalue weighted by Crippen LogP contribution is -2.35. The maximum absolute atomic E-state index is 12.0. The van der Waals surface area contributed by atoms with E-state index in [0.29, 0.717) is 5.69 Å². The molecule has 148 valence electrons. The van der Waals surface area contributed by atoms with Crippen LogP contribution in [0.3, 0.4) is 0 Å². The van der Waals surface area contributed by atoms with Crippen molar-refractivity contribution in [3.8, 4) is 0 Å². The second-order valence-corrected chi connectivity index (χ2v) is 6.83. The van der Waals surface area contributed by atoms with Crippen LogP contribution in [0.15, 0.2) is 36.4 Å². The van der Waals surface area contributed by atoms with Crippen molar-refractivity contribution in [2.45, 2.75) is 34.1 Å². The number of amides is 2. The number of hydrogen-bond acceptors (Lipinski definition) is 4. The first kappa shape index (κ1) is 21.2. The van der Waals surface area contributed by atoms with E-state index in [0.717, 1.165) is 27.8 Å². The fourth-order valence-corrected chi connectivity index (χ4v) is 2.59. The molecule has 2 amide bonds. The molecule has 0 radical (unpaired) electrons. The molecule has 0 heterocycles. The number of nitrogens with one attached hydrogen (secondary N) is 2. The van der Waals surface area contributed by atoms with Gasteiger partial charge in [-0.3, -0.25) is 14.4 Å². The van der Waals surface area contributed by atoms with Gasteiger partial charge in [-0.1, -0.05) is 30.3 Å². The van der Waals surface area contributed by atoms with Crippen LogP contribution in [0.5, 0.6) is 0 Å². The number of ether oxygens (including phenoxy) is 1. The standard InChI is InChI=1S/C22H26N2O4/c1-14-8-9-18(10-16(14)3)11-22(27)28-13-21(26)23-12-20(25)24-19-7-5-6-15(2)17(19)4/h5-10H,11-13H2,1-4H3,(H,23,26)(H,24,25). The first-order valence-electron chi connectivity index (χ1n) is 9.10. The van der Waals surface area contributed by atoms with Crippen LogP contribution in [0.25, 0.3) is 0 Å².